The third-order valence-electron chi connectivity index (χ3n) is 6.79. The maximum atomic E-state index is 14.2. The van der Waals surface area contributed by atoms with Crippen molar-refractivity contribution < 1.29 is 31.8 Å². The minimum absolute atomic E-state index is 0.00822. The monoisotopic (exact) mass is 484 g/mol. The normalized spacial score (nSPS) is 31.4. The highest BCUT2D eigenvalue weighted by Gasteiger charge is 2.44. The molecule has 0 radical (unpaired) electrons. The lowest BCUT2D eigenvalue weighted by atomic mass is 9.82. The van der Waals surface area contributed by atoms with Crippen molar-refractivity contribution in [1.29, 1.82) is 0 Å². The molecule has 1 amide bonds. The van der Waals surface area contributed by atoms with E-state index in [-0.39, 0.29) is 37.1 Å². The minimum atomic E-state index is -3.45. The smallest absolute Gasteiger partial charge is 0.410 e. The van der Waals surface area contributed by atoms with Gasteiger partial charge in [-0.05, 0) is 62.6 Å². The summed E-state index contributed by atoms with van der Waals surface area (Å²) in [5.74, 6) is 0.414. The molecule has 10 heteroatoms. The quantitative estimate of drug-likeness (QED) is 0.693. The van der Waals surface area contributed by atoms with Crippen molar-refractivity contribution in [3.05, 3.63) is 29.6 Å². The van der Waals surface area contributed by atoms with E-state index in [0.717, 1.165) is 37.5 Å². The number of nitrogens with zero attached hydrogens (tertiary/aromatic N) is 1. The van der Waals surface area contributed by atoms with Crippen LogP contribution in [0, 0.1) is 5.82 Å². The van der Waals surface area contributed by atoms with Crippen LogP contribution < -0.4 is 9.46 Å². The molecule has 0 spiro atoms. The van der Waals surface area contributed by atoms with Gasteiger partial charge in [-0.25, -0.2) is 22.3 Å². The molecule has 5 rings (SSSR count). The zero-order valence-electron chi connectivity index (χ0n) is 19.2. The summed E-state index contributed by atoms with van der Waals surface area (Å²) in [6.45, 7) is 2.56. The molecular formula is C23H33FN2O6S. The maximum absolute atomic E-state index is 14.2. The molecule has 3 heterocycles. The molecule has 4 bridgehead atoms. The molecule has 4 aliphatic rings. The van der Waals surface area contributed by atoms with Gasteiger partial charge in [0.15, 0.2) is 0 Å². The van der Waals surface area contributed by atoms with E-state index in [2.05, 4.69) is 4.72 Å². The number of ether oxygens (including phenoxy) is 3. The number of nitrogens with one attached hydrogen (secondary N) is 1. The predicted octanol–water partition coefficient (Wildman–Crippen LogP) is 3.17. The topological polar surface area (TPSA) is 94.2 Å². The zero-order chi connectivity index (χ0) is 23.6. The molecule has 1 N–H and O–H groups in total. The summed E-state index contributed by atoms with van der Waals surface area (Å²) in [4.78, 5) is 14.5. The van der Waals surface area contributed by atoms with E-state index in [0.29, 0.717) is 25.2 Å². The van der Waals surface area contributed by atoms with Gasteiger partial charge in [0, 0.05) is 24.6 Å². The van der Waals surface area contributed by atoms with Crippen molar-refractivity contribution in [1.82, 2.24) is 9.62 Å². The molecule has 0 aromatic heterocycles. The average Bonchev–Trinajstić information content (AvgIpc) is 3.04. The van der Waals surface area contributed by atoms with Crippen LogP contribution in [-0.2, 0) is 19.5 Å². The summed E-state index contributed by atoms with van der Waals surface area (Å²) in [5, 5.41) is 0. The SMILES string of the molecule is C[C@@H]1C[C@H](NS(C)(=O)=O)C2COC3CCC(CC3)c3cc(F)cc(c3)OCCCOC(=O)N21. The fourth-order valence-electron chi connectivity index (χ4n) is 5.26. The summed E-state index contributed by atoms with van der Waals surface area (Å²) in [6.07, 6.45) is 4.95. The first-order chi connectivity index (χ1) is 15.7. The average molecular weight is 485 g/mol. The van der Waals surface area contributed by atoms with Crippen LogP contribution in [0.25, 0.3) is 0 Å². The Kier molecular flexibility index (Phi) is 7.45. The molecule has 1 aromatic carbocycles. The molecule has 1 aliphatic carbocycles. The van der Waals surface area contributed by atoms with Gasteiger partial charge in [0.1, 0.15) is 11.6 Å². The molecular weight excluding hydrogens is 451 g/mol. The third-order valence-corrected chi connectivity index (χ3v) is 7.52. The highest BCUT2D eigenvalue weighted by Crippen LogP contribution is 2.36. The predicted molar refractivity (Wildman–Crippen MR) is 120 cm³/mol. The highest BCUT2D eigenvalue weighted by atomic mass is 32.2. The van der Waals surface area contributed by atoms with Crippen LogP contribution in [0.3, 0.4) is 0 Å². The largest absolute Gasteiger partial charge is 0.493 e. The van der Waals surface area contributed by atoms with Gasteiger partial charge in [-0.2, -0.15) is 0 Å². The Balaban J connectivity index is 1.53. The van der Waals surface area contributed by atoms with Crippen LogP contribution in [0.5, 0.6) is 5.75 Å². The molecule has 1 saturated heterocycles. The van der Waals surface area contributed by atoms with E-state index in [9.17, 15) is 17.6 Å². The number of rotatable bonds is 2. The summed E-state index contributed by atoms with van der Waals surface area (Å²) < 4.78 is 58.1. The van der Waals surface area contributed by atoms with E-state index in [1.54, 1.807) is 11.0 Å². The lowest BCUT2D eigenvalue weighted by Gasteiger charge is -2.33. The van der Waals surface area contributed by atoms with Crippen molar-refractivity contribution in [2.24, 2.45) is 0 Å². The minimum Gasteiger partial charge on any atom is -0.493 e. The first kappa shape index (κ1) is 24.2. The van der Waals surface area contributed by atoms with Gasteiger partial charge in [-0.15, -0.1) is 0 Å². The van der Waals surface area contributed by atoms with Crippen molar-refractivity contribution >= 4 is 16.1 Å². The van der Waals surface area contributed by atoms with Crippen molar-refractivity contribution in [2.75, 3.05) is 26.1 Å². The van der Waals surface area contributed by atoms with Gasteiger partial charge in [0.05, 0.1) is 38.2 Å². The van der Waals surface area contributed by atoms with E-state index in [4.69, 9.17) is 14.2 Å². The molecule has 184 valence electrons. The number of carbonyl (C=O) groups is 1. The molecule has 8 nitrogen and oxygen atoms in total. The van der Waals surface area contributed by atoms with Gasteiger partial charge in [-0.1, -0.05) is 0 Å². The number of fused-ring (bicyclic) bond motifs is 8. The van der Waals surface area contributed by atoms with Crippen LogP contribution in [0.2, 0.25) is 0 Å². The summed E-state index contributed by atoms with van der Waals surface area (Å²) in [5.41, 5.74) is 0.937. The Hall–Kier alpha value is -1.91. The third kappa shape index (κ3) is 6.16. The Morgan fingerprint density at radius 3 is 2.55 bits per heavy atom. The van der Waals surface area contributed by atoms with Gasteiger partial charge >= 0.3 is 6.09 Å². The van der Waals surface area contributed by atoms with Gasteiger partial charge in [-0.3, -0.25) is 4.90 Å². The second-order valence-corrected chi connectivity index (χ2v) is 11.2. The van der Waals surface area contributed by atoms with Crippen LogP contribution in [-0.4, -0.2) is 69.7 Å². The number of amides is 1. The van der Waals surface area contributed by atoms with E-state index in [1.165, 1.54) is 6.07 Å². The fraction of sp³-hybridized carbons (Fsp3) is 0.696. The molecule has 33 heavy (non-hydrogen) atoms. The van der Waals surface area contributed by atoms with E-state index >= 15 is 0 Å². The second-order valence-electron chi connectivity index (χ2n) is 9.40. The molecule has 3 atom stereocenters. The second kappa shape index (κ2) is 10.1. The maximum Gasteiger partial charge on any atom is 0.410 e. The van der Waals surface area contributed by atoms with Gasteiger partial charge in [0.2, 0.25) is 10.0 Å². The van der Waals surface area contributed by atoms with Crippen LogP contribution in [0.1, 0.15) is 56.9 Å². The highest BCUT2D eigenvalue weighted by molar-refractivity contribution is 7.88. The fourth-order valence-corrected chi connectivity index (χ4v) is 6.06. The summed E-state index contributed by atoms with van der Waals surface area (Å²) in [6, 6.07) is 3.78. The standard InChI is InChI=1S/C23H33FN2O6S/c1-15-10-21(25-33(2,28)29)22-14-32-19-6-4-16(5-7-19)17-11-18(24)13-20(12-17)30-8-3-9-31-23(27)26(15)22/h11-13,15-16,19,21-22,25H,3-10,14H2,1-2H3/t15-,16?,19?,21+,22?/m1/s1. The Morgan fingerprint density at radius 2 is 1.82 bits per heavy atom. The number of benzene rings is 1. The number of sulfonamides is 1. The number of halogens is 1. The number of hydrogen-bond acceptors (Lipinski definition) is 6. The first-order valence-corrected chi connectivity index (χ1v) is 13.6. The van der Waals surface area contributed by atoms with Crippen LogP contribution >= 0.6 is 0 Å². The lowest BCUT2D eigenvalue weighted by molar-refractivity contribution is -0.0106. The Bertz CT molecular complexity index is 950. The molecule has 2 fully saturated rings. The molecule has 1 unspecified atom stereocenters. The zero-order valence-corrected chi connectivity index (χ0v) is 20.0. The van der Waals surface area contributed by atoms with E-state index in [1.807, 2.05) is 13.0 Å². The van der Waals surface area contributed by atoms with Crippen LogP contribution in [0.15, 0.2) is 18.2 Å². The Labute approximate surface area is 194 Å². The summed E-state index contributed by atoms with van der Waals surface area (Å²) in [7, 11) is -3.45. The summed E-state index contributed by atoms with van der Waals surface area (Å²) >= 11 is 0. The number of hydrogen-bond donors (Lipinski definition) is 1. The van der Waals surface area contributed by atoms with Crippen LogP contribution in [0.4, 0.5) is 9.18 Å². The van der Waals surface area contributed by atoms with Gasteiger partial charge < -0.3 is 14.2 Å². The van der Waals surface area contributed by atoms with Gasteiger partial charge in [0.25, 0.3) is 0 Å². The molecule has 3 aliphatic heterocycles. The van der Waals surface area contributed by atoms with Crippen molar-refractivity contribution in [2.45, 2.75) is 75.6 Å². The lowest BCUT2D eigenvalue weighted by Crippen LogP contribution is -2.50. The van der Waals surface area contributed by atoms with Crippen molar-refractivity contribution in [3.63, 3.8) is 0 Å². The van der Waals surface area contributed by atoms with Crippen molar-refractivity contribution in [3.8, 4) is 5.75 Å². The first-order valence-electron chi connectivity index (χ1n) is 11.7. The Morgan fingerprint density at radius 1 is 1.09 bits per heavy atom. The molecule has 1 saturated carbocycles. The number of carbonyl (C=O) groups excluding carboxylic acids is 1. The molecule has 1 aromatic rings. The van der Waals surface area contributed by atoms with E-state index < -0.39 is 28.2 Å².